The average Bonchev–Trinajstić information content (AvgIpc) is 2.95. The van der Waals surface area contributed by atoms with Gasteiger partial charge in [-0.2, -0.15) is 0 Å². The number of carboxylic acids is 1. The van der Waals surface area contributed by atoms with Crippen molar-refractivity contribution >= 4 is 51.3 Å². The number of halogens is 1. The predicted molar refractivity (Wildman–Crippen MR) is 80.3 cm³/mol. The first-order valence-corrected chi connectivity index (χ1v) is 8.35. The van der Waals surface area contributed by atoms with E-state index < -0.39 is 17.8 Å². The number of aromatic nitrogens is 1. The molecule has 0 radical (unpaired) electrons. The van der Waals surface area contributed by atoms with Gasteiger partial charge >= 0.3 is 0 Å². The highest BCUT2D eigenvalue weighted by Gasteiger charge is 2.37. The lowest BCUT2D eigenvalue weighted by Gasteiger charge is -2.35. The number of thiazole rings is 1. The number of rotatable bonds is 4. The van der Waals surface area contributed by atoms with Gasteiger partial charge in [0.2, 0.25) is 5.91 Å². The summed E-state index contributed by atoms with van der Waals surface area (Å²) >= 11 is 8.59. The fourth-order valence-corrected chi connectivity index (χ4v) is 3.98. The maximum Gasteiger partial charge on any atom is 0.229 e. The van der Waals surface area contributed by atoms with Crippen molar-refractivity contribution in [3.63, 3.8) is 0 Å². The van der Waals surface area contributed by atoms with Crippen LogP contribution in [0.2, 0.25) is 4.34 Å². The SMILES string of the molecule is O=C([O-])[C@@H]1CC[C@H]1C(=O)Nc1nc(-c2ccc(Cl)s2)cs1. The van der Waals surface area contributed by atoms with Gasteiger partial charge < -0.3 is 15.2 Å². The Hall–Kier alpha value is -1.44. The second kappa shape index (κ2) is 5.75. The normalized spacial score (nSPS) is 20.8. The smallest absolute Gasteiger partial charge is 0.229 e. The number of anilines is 1. The quantitative estimate of drug-likeness (QED) is 0.924. The molecule has 5 nitrogen and oxygen atoms in total. The molecule has 1 aliphatic rings. The van der Waals surface area contributed by atoms with Crippen molar-refractivity contribution in [2.45, 2.75) is 12.8 Å². The number of carboxylic acid groups (broad SMARTS) is 1. The van der Waals surface area contributed by atoms with Gasteiger partial charge in [0.15, 0.2) is 5.13 Å². The largest absolute Gasteiger partial charge is 0.550 e. The topological polar surface area (TPSA) is 82.1 Å². The van der Waals surface area contributed by atoms with Crippen molar-refractivity contribution in [3.8, 4) is 10.6 Å². The van der Waals surface area contributed by atoms with Gasteiger partial charge in [0, 0.05) is 23.2 Å². The summed E-state index contributed by atoms with van der Waals surface area (Å²) in [6.45, 7) is 0. The summed E-state index contributed by atoms with van der Waals surface area (Å²) in [6, 6.07) is 3.66. The molecule has 0 aromatic carbocycles. The first-order valence-electron chi connectivity index (χ1n) is 6.27. The second-order valence-corrected chi connectivity index (χ2v) is 7.31. The van der Waals surface area contributed by atoms with E-state index in [-0.39, 0.29) is 5.91 Å². The molecule has 0 bridgehead atoms. The molecule has 8 heteroatoms. The van der Waals surface area contributed by atoms with Crippen LogP contribution in [0, 0.1) is 11.8 Å². The zero-order chi connectivity index (χ0) is 15.0. The minimum absolute atomic E-state index is 0.305. The molecule has 110 valence electrons. The molecule has 21 heavy (non-hydrogen) atoms. The highest BCUT2D eigenvalue weighted by atomic mass is 35.5. The van der Waals surface area contributed by atoms with Gasteiger partial charge in [0.05, 0.1) is 14.9 Å². The van der Waals surface area contributed by atoms with E-state index in [1.807, 2.05) is 11.4 Å². The van der Waals surface area contributed by atoms with Crippen LogP contribution in [0.3, 0.4) is 0 Å². The first-order chi connectivity index (χ1) is 10.0. The van der Waals surface area contributed by atoms with E-state index in [4.69, 9.17) is 11.6 Å². The van der Waals surface area contributed by atoms with Crippen LogP contribution in [-0.4, -0.2) is 16.9 Å². The minimum atomic E-state index is -1.16. The number of nitrogens with one attached hydrogen (secondary N) is 1. The molecule has 0 unspecified atom stereocenters. The number of nitrogens with zero attached hydrogens (tertiary/aromatic N) is 1. The molecular weight excluding hydrogens is 332 g/mol. The molecule has 2 aromatic heterocycles. The Balaban J connectivity index is 1.67. The molecule has 2 atom stereocenters. The van der Waals surface area contributed by atoms with Crippen molar-refractivity contribution in [2.24, 2.45) is 11.8 Å². The zero-order valence-corrected chi connectivity index (χ0v) is 13.1. The van der Waals surface area contributed by atoms with E-state index in [1.165, 1.54) is 22.7 Å². The van der Waals surface area contributed by atoms with Gasteiger partial charge in [-0.25, -0.2) is 4.98 Å². The average molecular weight is 342 g/mol. The number of hydrogen-bond acceptors (Lipinski definition) is 6. The third kappa shape index (κ3) is 2.95. The van der Waals surface area contributed by atoms with Crippen LogP contribution in [0.4, 0.5) is 5.13 Å². The molecule has 1 N–H and O–H groups in total. The van der Waals surface area contributed by atoms with Gasteiger partial charge in [-0.15, -0.1) is 22.7 Å². The molecule has 2 aromatic rings. The monoisotopic (exact) mass is 341 g/mol. The summed E-state index contributed by atoms with van der Waals surface area (Å²) in [7, 11) is 0. The molecule has 2 heterocycles. The van der Waals surface area contributed by atoms with E-state index >= 15 is 0 Å². The lowest BCUT2D eigenvalue weighted by molar-refractivity contribution is -0.316. The Labute approximate surface area is 133 Å². The Morgan fingerprint density at radius 2 is 2.10 bits per heavy atom. The van der Waals surface area contributed by atoms with E-state index in [0.717, 1.165) is 10.6 Å². The van der Waals surface area contributed by atoms with Crippen molar-refractivity contribution in [3.05, 3.63) is 21.8 Å². The van der Waals surface area contributed by atoms with Crippen LogP contribution >= 0.6 is 34.3 Å². The van der Waals surface area contributed by atoms with E-state index in [9.17, 15) is 14.7 Å². The minimum Gasteiger partial charge on any atom is -0.550 e. The Morgan fingerprint density at radius 1 is 1.33 bits per heavy atom. The maximum absolute atomic E-state index is 12.0. The number of thiophene rings is 1. The van der Waals surface area contributed by atoms with E-state index in [1.54, 1.807) is 6.07 Å². The number of aliphatic carboxylic acids is 1. The zero-order valence-electron chi connectivity index (χ0n) is 10.7. The van der Waals surface area contributed by atoms with Gasteiger partial charge in [-0.1, -0.05) is 11.6 Å². The van der Waals surface area contributed by atoms with E-state index in [2.05, 4.69) is 10.3 Å². The Morgan fingerprint density at radius 3 is 2.67 bits per heavy atom. The van der Waals surface area contributed by atoms with Crippen LogP contribution in [0.25, 0.3) is 10.6 Å². The lowest BCUT2D eigenvalue weighted by atomic mass is 9.73. The van der Waals surface area contributed by atoms with Crippen LogP contribution in [0.1, 0.15) is 12.8 Å². The summed E-state index contributed by atoms with van der Waals surface area (Å²) in [4.78, 5) is 28.1. The van der Waals surface area contributed by atoms with Crippen LogP contribution in [0.15, 0.2) is 17.5 Å². The van der Waals surface area contributed by atoms with Gasteiger partial charge in [-0.3, -0.25) is 4.79 Å². The van der Waals surface area contributed by atoms with Crippen molar-refractivity contribution in [1.29, 1.82) is 0 Å². The highest BCUT2D eigenvalue weighted by Crippen LogP contribution is 2.36. The van der Waals surface area contributed by atoms with Crippen LogP contribution < -0.4 is 10.4 Å². The second-order valence-electron chi connectivity index (χ2n) is 4.74. The molecule has 1 aliphatic carbocycles. The molecule has 1 saturated carbocycles. The summed E-state index contributed by atoms with van der Waals surface area (Å²) in [6.07, 6.45) is 1.07. The van der Waals surface area contributed by atoms with Crippen molar-refractivity contribution in [1.82, 2.24) is 4.98 Å². The lowest BCUT2D eigenvalue weighted by Crippen LogP contribution is -2.46. The molecular formula is C13H10ClN2O3S2-. The van der Waals surface area contributed by atoms with Crippen molar-refractivity contribution in [2.75, 3.05) is 5.32 Å². The fraction of sp³-hybridized carbons (Fsp3) is 0.308. The molecule has 0 spiro atoms. The number of amides is 1. The van der Waals surface area contributed by atoms with Crippen LogP contribution in [-0.2, 0) is 9.59 Å². The van der Waals surface area contributed by atoms with Gasteiger partial charge in [0.25, 0.3) is 0 Å². The fourth-order valence-electron chi connectivity index (χ4n) is 2.19. The Bertz CT molecular complexity index is 697. The highest BCUT2D eigenvalue weighted by molar-refractivity contribution is 7.20. The maximum atomic E-state index is 12.0. The third-order valence-electron chi connectivity index (χ3n) is 3.47. The molecule has 3 rings (SSSR count). The van der Waals surface area contributed by atoms with Gasteiger partial charge in [-0.05, 0) is 25.0 Å². The van der Waals surface area contributed by atoms with Gasteiger partial charge in [0.1, 0.15) is 0 Å². The first kappa shape index (κ1) is 14.5. The molecule has 0 aliphatic heterocycles. The molecule has 0 saturated heterocycles. The number of carbonyl (C=O) groups excluding carboxylic acids is 2. The van der Waals surface area contributed by atoms with E-state index in [0.29, 0.717) is 22.3 Å². The summed E-state index contributed by atoms with van der Waals surface area (Å²) < 4.78 is 0.676. The Kier molecular flexibility index (Phi) is 3.97. The molecule has 1 fully saturated rings. The standard InChI is InChI=1S/C13H11ClN2O3S2/c14-10-4-3-9(21-10)8-5-20-13(15-8)16-11(17)6-1-2-7(6)12(18)19/h3-7H,1-2H2,(H,18,19)(H,15,16,17)/p-1/t6-,7-/m1/s1. The summed E-state index contributed by atoms with van der Waals surface area (Å²) in [5.41, 5.74) is 0.747. The third-order valence-corrected chi connectivity index (χ3v) is 5.49. The predicted octanol–water partition coefficient (Wildman–Crippen LogP) is 2.24. The van der Waals surface area contributed by atoms with Crippen molar-refractivity contribution < 1.29 is 14.7 Å². The number of carbonyl (C=O) groups is 2. The van der Waals surface area contributed by atoms with Crippen LogP contribution in [0.5, 0.6) is 0 Å². The molecule has 1 amide bonds. The number of hydrogen-bond donors (Lipinski definition) is 1. The summed E-state index contributed by atoms with van der Waals surface area (Å²) in [5, 5.41) is 15.8. The summed E-state index contributed by atoms with van der Waals surface area (Å²) in [5.74, 6) is -2.66.